The van der Waals surface area contributed by atoms with Crippen molar-refractivity contribution in [2.45, 2.75) is 25.0 Å². The van der Waals surface area contributed by atoms with Gasteiger partial charge in [0.1, 0.15) is 0 Å². The Hall–Kier alpha value is -1.36. The van der Waals surface area contributed by atoms with Crippen molar-refractivity contribution < 1.29 is 14.9 Å². The van der Waals surface area contributed by atoms with Gasteiger partial charge in [-0.15, -0.1) is 0 Å². The molecule has 0 amide bonds. The Bertz CT molecular complexity index is 692. The van der Waals surface area contributed by atoms with Crippen molar-refractivity contribution in [2.75, 3.05) is 0 Å². The second kappa shape index (κ2) is 4.07. The molecule has 0 unspecified atom stereocenters. The molecule has 2 atom stereocenters. The van der Waals surface area contributed by atoms with Crippen LogP contribution >= 0.6 is 23.2 Å². The Morgan fingerprint density at radius 1 is 1.00 bits per heavy atom. The Morgan fingerprint density at radius 2 is 1.60 bits per heavy atom. The second-order valence-corrected chi connectivity index (χ2v) is 5.91. The predicted molar refractivity (Wildman–Crippen MR) is 74.9 cm³/mol. The predicted octanol–water partition coefficient (Wildman–Crippen LogP) is 4.10. The molecule has 104 valence electrons. The van der Waals surface area contributed by atoms with E-state index in [4.69, 9.17) is 27.9 Å². The molecule has 1 fully saturated rings. The molecule has 20 heavy (non-hydrogen) atoms. The summed E-state index contributed by atoms with van der Waals surface area (Å²) >= 11 is 11.9. The van der Waals surface area contributed by atoms with Crippen LogP contribution in [-0.4, -0.2) is 14.8 Å². The van der Waals surface area contributed by atoms with Gasteiger partial charge in [0, 0.05) is 0 Å². The molecule has 2 N–H and O–H groups in total. The number of ether oxygens (including phenoxy) is 1. The number of hydrogen-bond donors (Lipinski definition) is 2. The van der Waals surface area contributed by atoms with Gasteiger partial charge in [0.25, 0.3) is 0 Å². The molecule has 2 aromatic rings. The molecule has 2 bridgehead atoms. The molecule has 2 aliphatic rings. The monoisotopic (exact) mass is 311 g/mol. The van der Waals surface area contributed by atoms with Crippen molar-refractivity contribution in [2.24, 2.45) is 0 Å². The third kappa shape index (κ3) is 1.47. The van der Waals surface area contributed by atoms with E-state index < -0.39 is 0 Å². The van der Waals surface area contributed by atoms with E-state index >= 15 is 0 Å². The lowest BCUT2D eigenvalue weighted by Gasteiger charge is -2.11. The Kier molecular flexibility index (Phi) is 2.52. The minimum absolute atomic E-state index is 0.0167. The molecule has 1 aromatic heterocycles. The Morgan fingerprint density at radius 3 is 2.15 bits per heavy atom. The minimum atomic E-state index is -0.120. The number of benzene rings is 1. The van der Waals surface area contributed by atoms with Gasteiger partial charge in [-0.3, -0.25) is 4.57 Å². The number of aromatic hydroxyl groups is 2. The maximum absolute atomic E-state index is 10.4. The van der Waals surface area contributed by atoms with E-state index in [1.165, 1.54) is 4.57 Å². The fraction of sp³-hybridized carbons (Fsp3) is 0.286. The van der Waals surface area contributed by atoms with E-state index in [0.29, 0.717) is 26.9 Å². The van der Waals surface area contributed by atoms with E-state index in [2.05, 4.69) is 0 Å². The summed E-state index contributed by atoms with van der Waals surface area (Å²) in [5.41, 5.74) is 1.97. The number of hydrogen-bond acceptors (Lipinski definition) is 3. The molecule has 1 saturated heterocycles. The van der Waals surface area contributed by atoms with Gasteiger partial charge in [-0.25, -0.2) is 0 Å². The Balaban J connectivity index is 1.94. The summed E-state index contributed by atoms with van der Waals surface area (Å²) < 4.78 is 7.09. The lowest BCUT2D eigenvalue weighted by Crippen LogP contribution is -1.96. The highest BCUT2D eigenvalue weighted by molar-refractivity contribution is 6.42. The molecule has 2 aliphatic heterocycles. The first-order valence-corrected chi connectivity index (χ1v) is 7.11. The summed E-state index contributed by atoms with van der Waals surface area (Å²) in [6, 6.07) is 4.95. The van der Waals surface area contributed by atoms with Crippen LogP contribution in [0.3, 0.4) is 0 Å². The number of halogens is 2. The number of nitrogens with zero attached hydrogens (tertiary/aromatic N) is 1. The van der Waals surface area contributed by atoms with Crippen LogP contribution in [0.25, 0.3) is 5.69 Å². The normalized spacial score (nSPS) is 23.3. The molecule has 0 aliphatic carbocycles. The van der Waals surface area contributed by atoms with Gasteiger partial charge >= 0.3 is 0 Å². The van der Waals surface area contributed by atoms with Crippen LogP contribution < -0.4 is 0 Å². The molecule has 1 aromatic carbocycles. The van der Waals surface area contributed by atoms with E-state index in [1.54, 1.807) is 18.2 Å². The van der Waals surface area contributed by atoms with Crippen LogP contribution in [0.4, 0.5) is 0 Å². The average molecular weight is 312 g/mol. The lowest BCUT2D eigenvalue weighted by atomic mass is 9.95. The number of fused-ring (bicyclic) bond motifs is 5. The van der Waals surface area contributed by atoms with Crippen LogP contribution in [-0.2, 0) is 4.74 Å². The van der Waals surface area contributed by atoms with Crippen LogP contribution in [0.1, 0.15) is 36.2 Å². The maximum atomic E-state index is 10.4. The van der Waals surface area contributed by atoms with Crippen molar-refractivity contribution in [3.05, 3.63) is 39.4 Å². The van der Waals surface area contributed by atoms with Gasteiger partial charge in [-0.2, -0.15) is 0 Å². The third-order valence-corrected chi connectivity index (χ3v) is 4.76. The highest BCUT2D eigenvalue weighted by Crippen LogP contribution is 2.58. The summed E-state index contributed by atoms with van der Waals surface area (Å²) in [6.45, 7) is 0. The van der Waals surface area contributed by atoms with Crippen molar-refractivity contribution in [1.82, 2.24) is 4.57 Å². The largest absolute Gasteiger partial charge is 0.494 e. The minimum Gasteiger partial charge on any atom is -0.494 e. The zero-order valence-corrected chi connectivity index (χ0v) is 11.8. The Labute approximate surface area is 125 Å². The quantitative estimate of drug-likeness (QED) is 0.833. The van der Waals surface area contributed by atoms with Gasteiger partial charge in [0.05, 0.1) is 39.1 Å². The summed E-state index contributed by atoms with van der Waals surface area (Å²) in [4.78, 5) is 0. The highest BCUT2D eigenvalue weighted by atomic mass is 35.5. The van der Waals surface area contributed by atoms with Gasteiger partial charge in [0.2, 0.25) is 11.8 Å². The van der Waals surface area contributed by atoms with Gasteiger partial charge in [-0.05, 0) is 31.0 Å². The average Bonchev–Trinajstić information content (AvgIpc) is 3.08. The van der Waals surface area contributed by atoms with Crippen LogP contribution in [0.5, 0.6) is 11.8 Å². The first-order valence-electron chi connectivity index (χ1n) is 6.35. The summed E-state index contributed by atoms with van der Waals surface area (Å²) in [6.07, 6.45) is 1.50. The van der Waals surface area contributed by atoms with Crippen molar-refractivity contribution in [3.8, 4) is 17.4 Å². The first kappa shape index (κ1) is 12.4. The van der Waals surface area contributed by atoms with E-state index in [0.717, 1.165) is 12.8 Å². The van der Waals surface area contributed by atoms with Gasteiger partial charge < -0.3 is 14.9 Å². The maximum Gasteiger partial charge on any atom is 0.205 e. The van der Waals surface area contributed by atoms with Crippen LogP contribution in [0.15, 0.2) is 18.2 Å². The first-order chi connectivity index (χ1) is 9.58. The van der Waals surface area contributed by atoms with Crippen molar-refractivity contribution in [3.63, 3.8) is 0 Å². The fourth-order valence-corrected chi connectivity index (χ4v) is 3.44. The van der Waals surface area contributed by atoms with Crippen LogP contribution in [0, 0.1) is 0 Å². The molecule has 3 heterocycles. The molecular formula is C14H11Cl2NO3. The van der Waals surface area contributed by atoms with E-state index in [1.807, 2.05) is 0 Å². The summed E-state index contributed by atoms with van der Waals surface area (Å²) in [7, 11) is 0. The zero-order valence-electron chi connectivity index (χ0n) is 10.3. The smallest absolute Gasteiger partial charge is 0.205 e. The molecule has 0 radical (unpaired) electrons. The van der Waals surface area contributed by atoms with Crippen molar-refractivity contribution in [1.29, 1.82) is 0 Å². The van der Waals surface area contributed by atoms with Gasteiger partial charge in [-0.1, -0.05) is 23.2 Å². The van der Waals surface area contributed by atoms with E-state index in [-0.39, 0.29) is 24.0 Å². The summed E-state index contributed by atoms with van der Waals surface area (Å²) in [5, 5.41) is 21.6. The molecule has 0 saturated carbocycles. The number of rotatable bonds is 1. The zero-order chi connectivity index (χ0) is 14.0. The molecule has 6 heteroatoms. The standard InChI is InChI=1S/C14H11Cl2NO3/c15-7-2-1-6(5-8(7)16)17-13(18)11-9-3-4-10(20-9)12(11)14(17)19/h1-2,5,9-10,18-19H,3-4H2/t9-,10+. The summed E-state index contributed by atoms with van der Waals surface area (Å²) in [5.74, 6) is 0.0335. The molecule has 0 spiro atoms. The number of aromatic nitrogens is 1. The SMILES string of the molecule is Oc1c2c(c(O)n1-c1ccc(Cl)c(Cl)c1)[C@H]1CC[C@@H]2O1. The molecule has 4 rings (SSSR count). The lowest BCUT2D eigenvalue weighted by molar-refractivity contribution is 0.0683. The second-order valence-electron chi connectivity index (χ2n) is 5.10. The third-order valence-electron chi connectivity index (χ3n) is 4.02. The van der Waals surface area contributed by atoms with E-state index in [9.17, 15) is 10.2 Å². The highest BCUT2D eigenvalue weighted by Gasteiger charge is 2.45. The fourth-order valence-electron chi connectivity index (χ4n) is 3.15. The topological polar surface area (TPSA) is 54.6 Å². The van der Waals surface area contributed by atoms with Gasteiger partial charge in [0.15, 0.2) is 0 Å². The molecule has 4 nitrogen and oxygen atoms in total. The molecular weight excluding hydrogens is 301 g/mol. The van der Waals surface area contributed by atoms with Crippen molar-refractivity contribution >= 4 is 23.2 Å². The van der Waals surface area contributed by atoms with Crippen LogP contribution in [0.2, 0.25) is 10.0 Å².